The lowest BCUT2D eigenvalue weighted by atomic mass is 10.0. The van der Waals surface area contributed by atoms with Crippen molar-refractivity contribution in [1.82, 2.24) is 4.90 Å². The summed E-state index contributed by atoms with van der Waals surface area (Å²) in [5.74, 6) is -1.22. The molecule has 0 rings (SSSR count). The molecule has 0 fully saturated rings. The van der Waals surface area contributed by atoms with E-state index >= 15 is 0 Å². The van der Waals surface area contributed by atoms with Gasteiger partial charge in [0.2, 0.25) is 5.91 Å². The van der Waals surface area contributed by atoms with Crippen molar-refractivity contribution in [3.05, 3.63) is 12.7 Å². The molecule has 4 heteroatoms. The van der Waals surface area contributed by atoms with Crippen molar-refractivity contribution in [2.45, 2.75) is 46.1 Å². The molecule has 0 spiro atoms. The fourth-order valence-electron chi connectivity index (χ4n) is 1.61. The van der Waals surface area contributed by atoms with Crippen molar-refractivity contribution in [3.63, 3.8) is 0 Å². The van der Waals surface area contributed by atoms with Crippen molar-refractivity contribution >= 4 is 11.9 Å². The molecular formula is C13H23NO3. The van der Waals surface area contributed by atoms with Crippen LogP contribution in [-0.4, -0.2) is 34.5 Å². The van der Waals surface area contributed by atoms with Gasteiger partial charge in [-0.3, -0.25) is 9.59 Å². The Balaban J connectivity index is 4.61. The molecule has 0 bridgehead atoms. The number of amides is 1. The highest BCUT2D eigenvalue weighted by Gasteiger charge is 2.24. The second kappa shape index (κ2) is 7.87. The summed E-state index contributed by atoms with van der Waals surface area (Å²) >= 11 is 0. The van der Waals surface area contributed by atoms with E-state index in [-0.39, 0.29) is 24.4 Å². The lowest BCUT2D eigenvalue weighted by Gasteiger charge is -2.28. The number of carbonyl (C=O) groups is 2. The number of nitrogens with zero attached hydrogens (tertiary/aromatic N) is 1. The van der Waals surface area contributed by atoms with E-state index in [9.17, 15) is 9.59 Å². The maximum absolute atomic E-state index is 12.1. The lowest BCUT2D eigenvalue weighted by Crippen LogP contribution is -2.43. The molecule has 0 saturated heterocycles. The van der Waals surface area contributed by atoms with Gasteiger partial charge in [-0.2, -0.15) is 0 Å². The van der Waals surface area contributed by atoms with E-state index in [1.807, 2.05) is 6.92 Å². The van der Waals surface area contributed by atoms with Gasteiger partial charge >= 0.3 is 5.97 Å². The van der Waals surface area contributed by atoms with Crippen molar-refractivity contribution in [1.29, 1.82) is 0 Å². The van der Waals surface area contributed by atoms with Crippen molar-refractivity contribution < 1.29 is 14.7 Å². The number of rotatable bonds is 8. The molecule has 0 unspecified atom stereocenters. The van der Waals surface area contributed by atoms with Crippen LogP contribution in [-0.2, 0) is 9.59 Å². The molecule has 1 N–H and O–H groups in total. The number of hydrogen-bond acceptors (Lipinski definition) is 2. The van der Waals surface area contributed by atoms with Crippen LogP contribution >= 0.6 is 0 Å². The van der Waals surface area contributed by atoms with Crippen LogP contribution in [0.3, 0.4) is 0 Å². The number of aliphatic carboxylic acids is 1. The predicted octanol–water partition coefficient (Wildman–Crippen LogP) is 2.30. The van der Waals surface area contributed by atoms with Crippen LogP contribution in [0.15, 0.2) is 12.7 Å². The average molecular weight is 241 g/mol. The Morgan fingerprint density at radius 3 is 2.41 bits per heavy atom. The topological polar surface area (TPSA) is 57.6 Å². The smallest absolute Gasteiger partial charge is 0.323 e. The van der Waals surface area contributed by atoms with Gasteiger partial charge < -0.3 is 10.0 Å². The Labute approximate surface area is 103 Å². The molecule has 0 aromatic carbocycles. The Kier molecular flexibility index (Phi) is 7.26. The van der Waals surface area contributed by atoms with Crippen LogP contribution < -0.4 is 0 Å². The summed E-state index contributed by atoms with van der Waals surface area (Å²) in [6.45, 7) is 9.04. The number of carboxylic acid groups (broad SMARTS) is 1. The predicted molar refractivity (Wildman–Crippen MR) is 67.7 cm³/mol. The summed E-state index contributed by atoms with van der Waals surface area (Å²) in [7, 11) is 0. The minimum Gasteiger partial charge on any atom is -0.480 e. The fourth-order valence-corrected chi connectivity index (χ4v) is 1.61. The lowest BCUT2D eigenvalue weighted by molar-refractivity contribution is -0.147. The molecule has 98 valence electrons. The maximum Gasteiger partial charge on any atom is 0.323 e. The van der Waals surface area contributed by atoms with E-state index in [0.717, 1.165) is 19.3 Å². The largest absolute Gasteiger partial charge is 0.480 e. The molecular weight excluding hydrogens is 218 g/mol. The molecule has 0 aromatic rings. The third kappa shape index (κ3) is 5.52. The zero-order chi connectivity index (χ0) is 13.4. The first-order chi connectivity index (χ1) is 7.93. The molecule has 17 heavy (non-hydrogen) atoms. The van der Waals surface area contributed by atoms with Crippen molar-refractivity contribution in [2.75, 3.05) is 6.54 Å². The number of carbonyl (C=O) groups excluding carboxylic acids is 1. The quantitative estimate of drug-likeness (QED) is 0.663. The molecule has 1 amide bonds. The molecule has 0 aliphatic heterocycles. The second-order valence-electron chi connectivity index (χ2n) is 4.38. The first-order valence-corrected chi connectivity index (χ1v) is 6.08. The zero-order valence-electron chi connectivity index (χ0n) is 11.0. The van der Waals surface area contributed by atoms with E-state index in [2.05, 4.69) is 13.5 Å². The van der Waals surface area contributed by atoms with E-state index < -0.39 is 5.97 Å². The summed E-state index contributed by atoms with van der Waals surface area (Å²) < 4.78 is 0. The van der Waals surface area contributed by atoms with Crippen LogP contribution in [0.5, 0.6) is 0 Å². The monoisotopic (exact) mass is 241 g/mol. The number of carboxylic acids is 1. The number of unbranched alkanes of at least 4 members (excludes halogenated alkanes) is 1. The molecule has 0 saturated carbocycles. The summed E-state index contributed by atoms with van der Waals surface area (Å²) in [5.41, 5.74) is 0. The molecule has 0 heterocycles. The maximum atomic E-state index is 12.1. The van der Waals surface area contributed by atoms with E-state index in [1.165, 1.54) is 4.90 Å². The molecule has 0 aliphatic rings. The second-order valence-corrected chi connectivity index (χ2v) is 4.38. The highest BCUT2D eigenvalue weighted by molar-refractivity contribution is 5.83. The summed E-state index contributed by atoms with van der Waals surface area (Å²) in [4.78, 5) is 24.2. The van der Waals surface area contributed by atoms with Gasteiger partial charge in [-0.15, -0.1) is 6.58 Å². The van der Waals surface area contributed by atoms with Gasteiger partial charge in [0.15, 0.2) is 0 Å². The van der Waals surface area contributed by atoms with Crippen LogP contribution in [0.25, 0.3) is 0 Å². The SMILES string of the molecule is C=C[C@H](C)N(CC(=O)O)C(=O)[C@@H](C)CCCC. The Morgan fingerprint density at radius 2 is 2.00 bits per heavy atom. The summed E-state index contributed by atoms with van der Waals surface area (Å²) in [5, 5.41) is 8.81. The first kappa shape index (κ1) is 15.7. The van der Waals surface area contributed by atoms with E-state index in [0.29, 0.717) is 0 Å². The van der Waals surface area contributed by atoms with Gasteiger partial charge in [0, 0.05) is 12.0 Å². The van der Waals surface area contributed by atoms with Gasteiger partial charge in [0.25, 0.3) is 0 Å². The van der Waals surface area contributed by atoms with Crippen LogP contribution in [0.4, 0.5) is 0 Å². The van der Waals surface area contributed by atoms with E-state index in [1.54, 1.807) is 13.0 Å². The van der Waals surface area contributed by atoms with Gasteiger partial charge in [-0.1, -0.05) is 32.8 Å². The van der Waals surface area contributed by atoms with Gasteiger partial charge in [0.05, 0.1) is 0 Å². The molecule has 0 radical (unpaired) electrons. The Hall–Kier alpha value is -1.32. The Morgan fingerprint density at radius 1 is 1.41 bits per heavy atom. The average Bonchev–Trinajstić information content (AvgIpc) is 2.30. The summed E-state index contributed by atoms with van der Waals surface area (Å²) in [6, 6.07) is -0.248. The van der Waals surface area contributed by atoms with E-state index in [4.69, 9.17) is 5.11 Å². The first-order valence-electron chi connectivity index (χ1n) is 6.08. The molecule has 0 aliphatic carbocycles. The molecule has 2 atom stereocenters. The molecule has 0 aromatic heterocycles. The number of hydrogen-bond donors (Lipinski definition) is 1. The Bertz CT molecular complexity index is 276. The highest BCUT2D eigenvalue weighted by Crippen LogP contribution is 2.13. The van der Waals surface area contributed by atoms with Crippen molar-refractivity contribution in [3.8, 4) is 0 Å². The van der Waals surface area contributed by atoms with Crippen LogP contribution in [0.2, 0.25) is 0 Å². The van der Waals surface area contributed by atoms with Gasteiger partial charge in [-0.25, -0.2) is 0 Å². The molecule has 4 nitrogen and oxygen atoms in total. The summed E-state index contributed by atoms with van der Waals surface area (Å²) in [6.07, 6.45) is 4.41. The van der Waals surface area contributed by atoms with Crippen LogP contribution in [0, 0.1) is 5.92 Å². The normalized spacial score (nSPS) is 13.8. The third-order valence-electron chi connectivity index (χ3n) is 2.83. The minimum atomic E-state index is -0.991. The fraction of sp³-hybridized carbons (Fsp3) is 0.692. The van der Waals surface area contributed by atoms with Gasteiger partial charge in [-0.05, 0) is 13.3 Å². The standard InChI is InChI=1S/C13H23NO3/c1-5-7-8-10(3)13(17)14(9-12(15)16)11(4)6-2/h6,10-11H,2,5,7-9H2,1,3-4H3,(H,15,16)/t10-,11-/m0/s1. The zero-order valence-corrected chi connectivity index (χ0v) is 11.0. The van der Waals surface area contributed by atoms with Gasteiger partial charge in [0.1, 0.15) is 6.54 Å². The minimum absolute atomic E-state index is 0.103. The van der Waals surface area contributed by atoms with Crippen molar-refractivity contribution in [2.24, 2.45) is 5.92 Å². The third-order valence-corrected chi connectivity index (χ3v) is 2.83. The van der Waals surface area contributed by atoms with Crippen LogP contribution in [0.1, 0.15) is 40.0 Å². The highest BCUT2D eigenvalue weighted by atomic mass is 16.4.